The Bertz CT molecular complexity index is 703. The lowest BCUT2D eigenvalue weighted by Gasteiger charge is -2.34. The molecular weight excluding hydrogens is 304 g/mol. The molecule has 1 aliphatic carbocycles. The van der Waals surface area contributed by atoms with Gasteiger partial charge in [-0.2, -0.15) is 0 Å². The average molecular weight is 326 g/mol. The molecule has 1 fully saturated rings. The summed E-state index contributed by atoms with van der Waals surface area (Å²) in [5, 5.41) is 20.2. The molecule has 2 aromatic carbocycles. The second-order valence-electron chi connectivity index (χ2n) is 6.40. The third-order valence-electron chi connectivity index (χ3n) is 4.58. The normalized spacial score (nSPS) is 16.5. The summed E-state index contributed by atoms with van der Waals surface area (Å²) in [5.74, 6) is 0.432. The van der Waals surface area contributed by atoms with Crippen LogP contribution in [0.1, 0.15) is 43.2 Å². The molecule has 24 heavy (non-hydrogen) atoms. The van der Waals surface area contributed by atoms with Crippen LogP contribution in [0.25, 0.3) is 0 Å². The first-order chi connectivity index (χ1) is 11.6. The van der Waals surface area contributed by atoms with E-state index in [1.807, 2.05) is 30.3 Å². The van der Waals surface area contributed by atoms with E-state index in [1.54, 1.807) is 18.2 Å². The van der Waals surface area contributed by atoms with E-state index in [4.69, 9.17) is 9.84 Å². The number of carboxylic acid groups (broad SMARTS) is 1. The minimum absolute atomic E-state index is 0.0940. The van der Waals surface area contributed by atoms with Gasteiger partial charge >= 0.3 is 5.97 Å². The average Bonchev–Trinajstić information content (AvgIpc) is 2.57. The Balaban J connectivity index is 1.95. The lowest BCUT2D eigenvalue weighted by molar-refractivity contribution is -0.136. The second-order valence-corrected chi connectivity index (χ2v) is 6.40. The first-order valence-electron chi connectivity index (χ1n) is 8.37. The fraction of sp³-hybridized carbons (Fsp3) is 0.350. The SMILES string of the molecule is O=C(O)Cc1ccc(Oc2ccccc2)cc1C1(O)CCCCC1. The summed E-state index contributed by atoms with van der Waals surface area (Å²) in [6, 6.07) is 14.7. The van der Waals surface area contributed by atoms with E-state index >= 15 is 0 Å². The van der Waals surface area contributed by atoms with Crippen LogP contribution < -0.4 is 4.74 Å². The topological polar surface area (TPSA) is 66.8 Å². The molecule has 0 spiro atoms. The first kappa shape index (κ1) is 16.5. The molecule has 0 heterocycles. The highest BCUT2D eigenvalue weighted by Gasteiger charge is 2.33. The minimum atomic E-state index is -0.959. The fourth-order valence-electron chi connectivity index (χ4n) is 3.40. The van der Waals surface area contributed by atoms with Gasteiger partial charge in [-0.25, -0.2) is 0 Å². The van der Waals surface area contributed by atoms with Crippen LogP contribution in [0.5, 0.6) is 11.5 Å². The predicted octanol–water partition coefficient (Wildman–Crippen LogP) is 4.26. The highest BCUT2D eigenvalue weighted by atomic mass is 16.5. The Kier molecular flexibility index (Phi) is 4.86. The second kappa shape index (κ2) is 7.05. The number of rotatable bonds is 5. The number of para-hydroxylation sites is 1. The van der Waals surface area contributed by atoms with Crippen molar-refractivity contribution in [1.29, 1.82) is 0 Å². The summed E-state index contributed by atoms with van der Waals surface area (Å²) in [4.78, 5) is 11.2. The molecule has 0 radical (unpaired) electrons. The molecule has 1 aliphatic rings. The van der Waals surface area contributed by atoms with Crippen molar-refractivity contribution in [3.05, 3.63) is 59.7 Å². The zero-order valence-electron chi connectivity index (χ0n) is 13.6. The summed E-state index contributed by atoms with van der Waals surface area (Å²) in [6.45, 7) is 0. The zero-order valence-corrected chi connectivity index (χ0v) is 13.6. The van der Waals surface area contributed by atoms with Crippen molar-refractivity contribution in [1.82, 2.24) is 0 Å². The van der Waals surface area contributed by atoms with Gasteiger partial charge in [0.15, 0.2) is 0 Å². The van der Waals surface area contributed by atoms with Gasteiger partial charge in [0.1, 0.15) is 11.5 Å². The summed E-state index contributed by atoms with van der Waals surface area (Å²) in [7, 11) is 0. The van der Waals surface area contributed by atoms with Crippen LogP contribution in [0.4, 0.5) is 0 Å². The molecule has 0 unspecified atom stereocenters. The maximum absolute atomic E-state index is 11.2. The van der Waals surface area contributed by atoms with E-state index in [0.29, 0.717) is 35.5 Å². The Hall–Kier alpha value is -2.33. The minimum Gasteiger partial charge on any atom is -0.481 e. The molecule has 0 atom stereocenters. The Morgan fingerprint density at radius 2 is 1.71 bits per heavy atom. The largest absolute Gasteiger partial charge is 0.481 e. The van der Waals surface area contributed by atoms with Gasteiger partial charge in [-0.3, -0.25) is 4.79 Å². The van der Waals surface area contributed by atoms with Gasteiger partial charge in [-0.15, -0.1) is 0 Å². The molecule has 0 saturated heterocycles. The Morgan fingerprint density at radius 3 is 2.38 bits per heavy atom. The van der Waals surface area contributed by atoms with E-state index in [0.717, 1.165) is 19.3 Å². The van der Waals surface area contributed by atoms with Crippen molar-refractivity contribution < 1.29 is 19.7 Å². The van der Waals surface area contributed by atoms with E-state index in [-0.39, 0.29) is 6.42 Å². The van der Waals surface area contributed by atoms with Crippen molar-refractivity contribution >= 4 is 5.97 Å². The molecule has 3 rings (SSSR count). The third-order valence-corrected chi connectivity index (χ3v) is 4.58. The number of hydrogen-bond donors (Lipinski definition) is 2. The van der Waals surface area contributed by atoms with Gasteiger partial charge in [0.25, 0.3) is 0 Å². The first-order valence-corrected chi connectivity index (χ1v) is 8.37. The smallest absolute Gasteiger partial charge is 0.307 e. The fourth-order valence-corrected chi connectivity index (χ4v) is 3.40. The van der Waals surface area contributed by atoms with Crippen LogP contribution in [0, 0.1) is 0 Å². The number of aliphatic carboxylic acids is 1. The number of hydrogen-bond acceptors (Lipinski definition) is 3. The lowest BCUT2D eigenvalue weighted by atomic mass is 9.77. The van der Waals surface area contributed by atoms with Crippen LogP contribution in [-0.4, -0.2) is 16.2 Å². The Labute approximate surface area is 141 Å². The molecule has 0 bridgehead atoms. The molecule has 2 N–H and O–H groups in total. The van der Waals surface area contributed by atoms with Crippen LogP contribution in [0.3, 0.4) is 0 Å². The van der Waals surface area contributed by atoms with Gasteiger partial charge in [0.05, 0.1) is 12.0 Å². The predicted molar refractivity (Wildman–Crippen MR) is 91.3 cm³/mol. The number of ether oxygens (including phenoxy) is 1. The number of carbonyl (C=O) groups is 1. The third kappa shape index (κ3) is 3.77. The summed E-state index contributed by atoms with van der Waals surface area (Å²) in [6.07, 6.45) is 4.24. The summed E-state index contributed by atoms with van der Waals surface area (Å²) in [5.41, 5.74) is 0.393. The maximum atomic E-state index is 11.2. The number of benzene rings is 2. The monoisotopic (exact) mass is 326 g/mol. The molecule has 126 valence electrons. The lowest BCUT2D eigenvalue weighted by Crippen LogP contribution is -2.30. The van der Waals surface area contributed by atoms with Crippen molar-refractivity contribution in [3.8, 4) is 11.5 Å². The maximum Gasteiger partial charge on any atom is 0.307 e. The number of carboxylic acids is 1. The molecule has 2 aromatic rings. The van der Waals surface area contributed by atoms with Crippen LogP contribution in [0.2, 0.25) is 0 Å². The summed E-state index contributed by atoms with van der Waals surface area (Å²) >= 11 is 0. The molecule has 0 amide bonds. The number of aliphatic hydroxyl groups is 1. The van der Waals surface area contributed by atoms with Gasteiger partial charge < -0.3 is 14.9 Å². The van der Waals surface area contributed by atoms with E-state index < -0.39 is 11.6 Å². The van der Waals surface area contributed by atoms with Gasteiger partial charge in [-0.1, -0.05) is 43.5 Å². The van der Waals surface area contributed by atoms with Gasteiger partial charge in [0, 0.05) is 0 Å². The summed E-state index contributed by atoms with van der Waals surface area (Å²) < 4.78 is 5.86. The Morgan fingerprint density at radius 1 is 1.00 bits per heavy atom. The molecule has 4 nitrogen and oxygen atoms in total. The van der Waals surface area contributed by atoms with E-state index in [9.17, 15) is 9.90 Å². The van der Waals surface area contributed by atoms with Crippen molar-refractivity contribution in [2.45, 2.75) is 44.1 Å². The quantitative estimate of drug-likeness (QED) is 0.861. The zero-order chi connectivity index (χ0) is 17.0. The van der Waals surface area contributed by atoms with Crippen LogP contribution >= 0.6 is 0 Å². The molecule has 0 aliphatic heterocycles. The van der Waals surface area contributed by atoms with E-state index in [2.05, 4.69) is 0 Å². The highest BCUT2D eigenvalue weighted by Crippen LogP contribution is 2.40. The van der Waals surface area contributed by atoms with E-state index in [1.165, 1.54) is 0 Å². The van der Waals surface area contributed by atoms with Gasteiger partial charge in [0.2, 0.25) is 0 Å². The van der Waals surface area contributed by atoms with Crippen LogP contribution in [-0.2, 0) is 16.8 Å². The molecular formula is C20H22O4. The van der Waals surface area contributed by atoms with Crippen molar-refractivity contribution in [2.75, 3.05) is 0 Å². The molecule has 4 heteroatoms. The van der Waals surface area contributed by atoms with Crippen molar-refractivity contribution in [2.24, 2.45) is 0 Å². The highest BCUT2D eigenvalue weighted by molar-refractivity contribution is 5.71. The standard InChI is InChI=1S/C20H22O4/c21-19(22)13-15-9-10-17(24-16-7-3-1-4-8-16)14-18(15)20(23)11-5-2-6-12-20/h1,3-4,7-10,14,23H,2,5-6,11-13H2,(H,21,22). The van der Waals surface area contributed by atoms with Crippen LogP contribution in [0.15, 0.2) is 48.5 Å². The molecule has 0 aromatic heterocycles. The van der Waals surface area contributed by atoms with Crippen molar-refractivity contribution in [3.63, 3.8) is 0 Å². The molecule has 1 saturated carbocycles. The van der Waals surface area contributed by atoms with Gasteiger partial charge in [-0.05, 0) is 48.2 Å².